The molecule has 5 rings (SSSR count). The van der Waals surface area contributed by atoms with E-state index in [-0.39, 0.29) is 24.8 Å². The molecule has 34 heavy (non-hydrogen) atoms. The summed E-state index contributed by atoms with van der Waals surface area (Å²) >= 11 is 0. The summed E-state index contributed by atoms with van der Waals surface area (Å²) in [6.45, 7) is 0.0122. The van der Waals surface area contributed by atoms with Gasteiger partial charge in [-0.05, 0) is 59.9 Å². The average Bonchev–Trinajstić information content (AvgIpc) is 3.50. The average molecular weight is 469 g/mol. The van der Waals surface area contributed by atoms with Gasteiger partial charge in [-0.1, -0.05) is 30.3 Å². The Balaban J connectivity index is 1.47. The highest BCUT2D eigenvalue weighted by Crippen LogP contribution is 2.51. The van der Waals surface area contributed by atoms with E-state index in [4.69, 9.17) is 15.2 Å². The Morgan fingerprint density at radius 3 is 2.50 bits per heavy atom. The second-order valence-electron chi connectivity index (χ2n) is 8.20. The number of anilines is 1. The normalized spacial score (nSPS) is 15.6. The largest absolute Gasteiger partial charge is 0.573 e. The Morgan fingerprint density at radius 2 is 1.76 bits per heavy atom. The van der Waals surface area contributed by atoms with Crippen LogP contribution in [0.3, 0.4) is 0 Å². The smallest absolute Gasteiger partial charge is 0.454 e. The zero-order valence-electron chi connectivity index (χ0n) is 17.9. The molecule has 1 aliphatic carbocycles. The van der Waals surface area contributed by atoms with Gasteiger partial charge in [0.25, 0.3) is 0 Å². The minimum absolute atomic E-state index is 0.120. The van der Waals surface area contributed by atoms with Crippen LogP contribution in [-0.2, 0) is 16.8 Å². The number of amides is 1. The number of alkyl halides is 3. The van der Waals surface area contributed by atoms with Crippen LogP contribution >= 0.6 is 0 Å². The fraction of sp³-hybridized carbons (Fsp3) is 0.240. The zero-order chi connectivity index (χ0) is 23.9. The molecule has 2 N–H and O–H groups in total. The van der Waals surface area contributed by atoms with Crippen LogP contribution in [0.15, 0.2) is 60.7 Å². The predicted octanol–water partition coefficient (Wildman–Crippen LogP) is 5.43. The lowest BCUT2D eigenvalue weighted by Gasteiger charge is -2.19. The van der Waals surface area contributed by atoms with Crippen LogP contribution in [0.4, 0.5) is 18.9 Å². The van der Waals surface area contributed by atoms with E-state index in [2.05, 4.69) is 10.1 Å². The molecule has 1 radical (unpaired) electrons. The molecule has 1 heterocycles. The van der Waals surface area contributed by atoms with Crippen molar-refractivity contribution in [1.29, 1.82) is 0 Å². The molecule has 175 valence electrons. The van der Waals surface area contributed by atoms with Crippen molar-refractivity contribution in [2.75, 3.05) is 12.1 Å². The fourth-order valence-corrected chi connectivity index (χ4v) is 4.19. The van der Waals surface area contributed by atoms with Crippen molar-refractivity contribution >= 4 is 11.6 Å². The highest BCUT2D eigenvalue weighted by molar-refractivity contribution is 6.02. The fourth-order valence-electron chi connectivity index (χ4n) is 4.19. The molecule has 0 unspecified atom stereocenters. The van der Waals surface area contributed by atoms with E-state index in [9.17, 15) is 18.0 Å². The highest BCUT2D eigenvalue weighted by Gasteiger charge is 2.51. The summed E-state index contributed by atoms with van der Waals surface area (Å²) in [6, 6.07) is 16.1. The van der Waals surface area contributed by atoms with Crippen molar-refractivity contribution < 1.29 is 32.2 Å². The number of hydrogen-bond donors (Lipinski definition) is 1. The van der Waals surface area contributed by atoms with Crippen LogP contribution in [-0.4, -0.2) is 19.1 Å². The van der Waals surface area contributed by atoms with Gasteiger partial charge in [-0.25, -0.2) is 0 Å². The van der Waals surface area contributed by atoms with Gasteiger partial charge < -0.3 is 19.5 Å². The molecule has 1 amide bonds. The maximum absolute atomic E-state index is 13.3. The summed E-state index contributed by atoms with van der Waals surface area (Å²) in [5, 5.41) is 2.85. The molecule has 1 saturated carbocycles. The van der Waals surface area contributed by atoms with Gasteiger partial charge in [0.05, 0.1) is 5.41 Å². The van der Waals surface area contributed by atoms with E-state index in [0.29, 0.717) is 41.2 Å². The lowest BCUT2D eigenvalue weighted by Crippen LogP contribution is -2.27. The number of ether oxygens (including phenoxy) is 3. The molecule has 0 aromatic heterocycles. The third-order valence-corrected chi connectivity index (χ3v) is 6.07. The topological polar surface area (TPSA) is 80.6 Å². The number of halogens is 3. The maximum atomic E-state index is 13.3. The van der Waals surface area contributed by atoms with Crippen LogP contribution in [0.1, 0.15) is 24.0 Å². The molecule has 9 heteroatoms. The molecule has 0 atom stereocenters. The Kier molecular flexibility index (Phi) is 5.36. The summed E-state index contributed by atoms with van der Waals surface area (Å²) in [6.07, 6.45) is -3.60. The van der Waals surface area contributed by atoms with Gasteiger partial charge in [-0.15, -0.1) is 13.2 Å². The van der Waals surface area contributed by atoms with Crippen molar-refractivity contribution in [2.45, 2.75) is 31.2 Å². The van der Waals surface area contributed by atoms with Gasteiger partial charge in [0.15, 0.2) is 11.5 Å². The van der Waals surface area contributed by atoms with Gasteiger partial charge in [0, 0.05) is 17.8 Å². The first-order chi connectivity index (χ1) is 16.3. The summed E-state index contributed by atoms with van der Waals surface area (Å²) < 4.78 is 54.1. The van der Waals surface area contributed by atoms with E-state index >= 15 is 0 Å². The molecular weight excluding hydrogens is 449 g/mol. The van der Waals surface area contributed by atoms with Gasteiger partial charge in [0.2, 0.25) is 12.7 Å². The van der Waals surface area contributed by atoms with E-state index in [0.717, 1.165) is 5.56 Å². The Hall–Kier alpha value is -3.72. The third kappa shape index (κ3) is 4.14. The molecule has 3 aromatic rings. The predicted molar refractivity (Wildman–Crippen MR) is 117 cm³/mol. The molecule has 0 spiro atoms. The standard InChI is InChI=1S/C25H20F3N2O4/c26-25(27,28)34-20-8-6-17(12-19(20)18-4-2-1-3-15(18)13-29)30-23(31)24(9-10-24)16-5-7-21-22(11-16)33-14-32-21/h1-8,11-12,29H,9-10,13-14H2,(H,30,31). The first kappa shape index (κ1) is 22.1. The minimum atomic E-state index is -4.88. The number of nitrogens with one attached hydrogen (secondary N) is 2. The zero-order valence-corrected chi connectivity index (χ0v) is 17.9. The summed E-state index contributed by atoms with van der Waals surface area (Å²) in [5.41, 5.74) is 9.25. The van der Waals surface area contributed by atoms with E-state index in [1.165, 1.54) is 18.2 Å². The quantitative estimate of drug-likeness (QED) is 0.522. The molecule has 1 fully saturated rings. The van der Waals surface area contributed by atoms with Gasteiger partial charge in [-0.2, -0.15) is 0 Å². The number of carbonyl (C=O) groups is 1. The second kappa shape index (κ2) is 8.25. The molecule has 1 aliphatic heterocycles. The number of benzene rings is 3. The Labute approximate surface area is 193 Å². The van der Waals surface area contributed by atoms with Crippen molar-refractivity contribution in [2.24, 2.45) is 0 Å². The number of fused-ring (bicyclic) bond motifs is 1. The Bertz CT molecular complexity index is 1260. The van der Waals surface area contributed by atoms with Crippen LogP contribution in [0, 0.1) is 0 Å². The van der Waals surface area contributed by atoms with E-state index < -0.39 is 17.5 Å². The molecule has 0 saturated heterocycles. The van der Waals surface area contributed by atoms with Crippen LogP contribution < -0.4 is 25.3 Å². The minimum Gasteiger partial charge on any atom is -0.454 e. The summed E-state index contributed by atoms with van der Waals surface area (Å²) in [5.74, 6) is 0.552. The van der Waals surface area contributed by atoms with Crippen LogP contribution in [0.2, 0.25) is 0 Å². The molecule has 6 nitrogen and oxygen atoms in total. The van der Waals surface area contributed by atoms with E-state index in [1.807, 2.05) is 6.07 Å². The van der Waals surface area contributed by atoms with Gasteiger partial charge in [0.1, 0.15) is 5.75 Å². The summed E-state index contributed by atoms with van der Waals surface area (Å²) in [4.78, 5) is 13.3. The lowest BCUT2D eigenvalue weighted by molar-refractivity contribution is -0.274. The lowest BCUT2D eigenvalue weighted by atomic mass is 9.94. The van der Waals surface area contributed by atoms with Crippen LogP contribution in [0.25, 0.3) is 11.1 Å². The third-order valence-electron chi connectivity index (χ3n) is 6.07. The van der Waals surface area contributed by atoms with Gasteiger partial charge in [-0.3, -0.25) is 10.5 Å². The Morgan fingerprint density at radius 1 is 1.00 bits per heavy atom. The number of hydrogen-bond acceptors (Lipinski definition) is 4. The van der Waals surface area contributed by atoms with E-state index in [1.54, 1.807) is 36.4 Å². The highest BCUT2D eigenvalue weighted by atomic mass is 19.4. The van der Waals surface area contributed by atoms with Crippen LogP contribution in [0.5, 0.6) is 17.2 Å². The SMILES string of the molecule is [NH]Cc1ccccc1-c1cc(NC(=O)C2(c3ccc4c(c3)OCO4)CC2)ccc1OC(F)(F)F. The van der Waals surface area contributed by atoms with Crippen molar-refractivity contribution in [1.82, 2.24) is 5.73 Å². The summed E-state index contributed by atoms with van der Waals surface area (Å²) in [7, 11) is 0. The maximum Gasteiger partial charge on any atom is 0.573 e. The molecule has 0 bridgehead atoms. The second-order valence-corrected chi connectivity index (χ2v) is 8.20. The molecular formula is C25H20F3N2O4. The van der Waals surface area contributed by atoms with Gasteiger partial charge >= 0.3 is 6.36 Å². The first-order valence-electron chi connectivity index (χ1n) is 10.6. The van der Waals surface area contributed by atoms with Crippen molar-refractivity contribution in [3.8, 4) is 28.4 Å². The number of carbonyl (C=O) groups excluding carboxylic acids is 1. The first-order valence-corrected chi connectivity index (χ1v) is 10.6. The molecule has 2 aliphatic rings. The van der Waals surface area contributed by atoms with Crippen molar-refractivity contribution in [3.63, 3.8) is 0 Å². The number of rotatable bonds is 6. The molecule has 3 aromatic carbocycles. The van der Waals surface area contributed by atoms with Crippen molar-refractivity contribution in [3.05, 3.63) is 71.8 Å². The monoisotopic (exact) mass is 469 g/mol.